The summed E-state index contributed by atoms with van der Waals surface area (Å²) < 4.78 is 5.19. The normalized spacial score (nSPS) is 9.58. The van der Waals surface area contributed by atoms with Gasteiger partial charge in [-0.05, 0) is 28.7 Å². The van der Waals surface area contributed by atoms with E-state index in [1.807, 2.05) is 22.6 Å². The molecule has 0 spiro atoms. The van der Waals surface area contributed by atoms with Gasteiger partial charge in [-0.15, -0.1) is 0 Å². The lowest BCUT2D eigenvalue weighted by molar-refractivity contribution is 0.0592. The van der Waals surface area contributed by atoms with Crippen LogP contribution in [0.5, 0.6) is 0 Å². The Kier molecular flexibility index (Phi) is 3.28. The van der Waals surface area contributed by atoms with Gasteiger partial charge in [-0.2, -0.15) is 0 Å². The van der Waals surface area contributed by atoms with Crippen LogP contribution in [0.25, 0.3) is 0 Å². The molecular formula is C7H5ClINO2. The Morgan fingerprint density at radius 1 is 1.75 bits per heavy atom. The molecule has 0 aromatic carbocycles. The molecule has 0 N–H and O–H groups in total. The topological polar surface area (TPSA) is 39.2 Å². The molecule has 0 aliphatic heterocycles. The van der Waals surface area contributed by atoms with Gasteiger partial charge in [0.15, 0.2) is 5.69 Å². The highest BCUT2D eigenvalue weighted by molar-refractivity contribution is 14.1. The molecule has 0 aliphatic carbocycles. The molecule has 0 radical (unpaired) electrons. The van der Waals surface area contributed by atoms with Crippen molar-refractivity contribution in [1.29, 1.82) is 0 Å². The molecule has 5 heteroatoms. The second kappa shape index (κ2) is 4.04. The van der Waals surface area contributed by atoms with E-state index >= 15 is 0 Å². The van der Waals surface area contributed by atoms with E-state index in [0.717, 1.165) is 0 Å². The summed E-state index contributed by atoms with van der Waals surface area (Å²) in [5, 5.41) is 0.507. The van der Waals surface area contributed by atoms with Crippen LogP contribution in [0.3, 0.4) is 0 Å². The predicted octanol–water partition coefficient (Wildman–Crippen LogP) is 2.13. The lowest BCUT2D eigenvalue weighted by Crippen LogP contribution is -2.06. The van der Waals surface area contributed by atoms with Crippen molar-refractivity contribution in [1.82, 2.24) is 4.98 Å². The van der Waals surface area contributed by atoms with Crippen LogP contribution in [-0.4, -0.2) is 18.1 Å². The summed E-state index contributed by atoms with van der Waals surface area (Å²) in [5.74, 6) is -0.448. The highest BCUT2D eigenvalue weighted by Gasteiger charge is 2.11. The largest absolute Gasteiger partial charge is 0.464 e. The molecule has 0 saturated carbocycles. The molecule has 1 heterocycles. The van der Waals surface area contributed by atoms with Gasteiger partial charge >= 0.3 is 5.97 Å². The van der Waals surface area contributed by atoms with Gasteiger partial charge in [0.1, 0.15) is 0 Å². The van der Waals surface area contributed by atoms with Gasteiger partial charge in [0.05, 0.1) is 12.1 Å². The molecule has 1 aromatic rings. The van der Waals surface area contributed by atoms with Crippen LogP contribution in [0.1, 0.15) is 10.5 Å². The predicted molar refractivity (Wildman–Crippen MR) is 53.3 cm³/mol. The maximum atomic E-state index is 11.0. The second-order valence-electron chi connectivity index (χ2n) is 1.98. The van der Waals surface area contributed by atoms with E-state index in [1.165, 1.54) is 13.3 Å². The molecule has 64 valence electrons. The first-order valence-electron chi connectivity index (χ1n) is 3.04. The number of hydrogen-bond donors (Lipinski definition) is 0. The number of nitrogens with zero attached hydrogens (tertiary/aromatic N) is 1. The standard InChI is InChI=1S/C7H5ClINO2/c1-12-7(11)6-5(9)2-4(8)3-10-6/h2-3H,1H3. The van der Waals surface area contributed by atoms with Crippen molar-refractivity contribution < 1.29 is 9.53 Å². The third-order valence-corrected chi connectivity index (χ3v) is 2.22. The Morgan fingerprint density at radius 3 is 2.92 bits per heavy atom. The van der Waals surface area contributed by atoms with Crippen molar-refractivity contribution in [2.45, 2.75) is 0 Å². The SMILES string of the molecule is COC(=O)c1ncc(Cl)cc1I. The molecule has 1 rings (SSSR count). The summed E-state index contributed by atoms with van der Waals surface area (Å²) in [5.41, 5.74) is 0.294. The number of carbonyl (C=O) groups is 1. The smallest absolute Gasteiger partial charge is 0.357 e. The van der Waals surface area contributed by atoms with E-state index in [9.17, 15) is 4.79 Å². The third-order valence-electron chi connectivity index (χ3n) is 1.19. The molecule has 0 saturated heterocycles. The second-order valence-corrected chi connectivity index (χ2v) is 3.57. The maximum Gasteiger partial charge on any atom is 0.357 e. The zero-order chi connectivity index (χ0) is 9.14. The molecule has 0 unspecified atom stereocenters. The van der Waals surface area contributed by atoms with Crippen LogP contribution in [0.4, 0.5) is 0 Å². The number of halogens is 2. The molecular weight excluding hydrogens is 292 g/mol. The van der Waals surface area contributed by atoms with Crippen LogP contribution < -0.4 is 0 Å². The zero-order valence-corrected chi connectivity index (χ0v) is 9.09. The van der Waals surface area contributed by atoms with Crippen LogP contribution in [0.2, 0.25) is 5.02 Å². The molecule has 0 aliphatic rings. The number of esters is 1. The van der Waals surface area contributed by atoms with Crippen molar-refractivity contribution in [3.8, 4) is 0 Å². The lowest BCUT2D eigenvalue weighted by atomic mass is 10.3. The lowest BCUT2D eigenvalue weighted by Gasteiger charge is -2.00. The summed E-state index contributed by atoms with van der Waals surface area (Å²) in [6.07, 6.45) is 1.41. The fourth-order valence-electron chi connectivity index (χ4n) is 0.661. The molecule has 12 heavy (non-hydrogen) atoms. The molecule has 3 nitrogen and oxygen atoms in total. The van der Waals surface area contributed by atoms with Gasteiger partial charge in [0, 0.05) is 9.77 Å². The van der Waals surface area contributed by atoms with Gasteiger partial charge in [0.2, 0.25) is 0 Å². The van der Waals surface area contributed by atoms with E-state index in [-0.39, 0.29) is 0 Å². The van der Waals surface area contributed by atoms with Crippen LogP contribution >= 0.6 is 34.2 Å². The van der Waals surface area contributed by atoms with Gasteiger partial charge in [-0.3, -0.25) is 0 Å². The molecule has 0 fully saturated rings. The summed E-state index contributed by atoms with van der Waals surface area (Å²) >= 11 is 7.62. The fourth-order valence-corrected chi connectivity index (χ4v) is 1.70. The highest BCUT2D eigenvalue weighted by Crippen LogP contribution is 2.15. The van der Waals surface area contributed by atoms with Crippen molar-refractivity contribution in [2.24, 2.45) is 0 Å². The van der Waals surface area contributed by atoms with E-state index in [2.05, 4.69) is 9.72 Å². The Labute approximate surface area is 88.2 Å². The maximum absolute atomic E-state index is 11.0. The average Bonchev–Trinajstić information content (AvgIpc) is 2.03. The first kappa shape index (κ1) is 9.73. The highest BCUT2D eigenvalue weighted by atomic mass is 127. The number of hydrogen-bond acceptors (Lipinski definition) is 3. The van der Waals surface area contributed by atoms with E-state index in [0.29, 0.717) is 14.3 Å². The van der Waals surface area contributed by atoms with Gasteiger partial charge in [0.25, 0.3) is 0 Å². The minimum absolute atomic E-state index is 0.294. The Morgan fingerprint density at radius 2 is 2.42 bits per heavy atom. The first-order valence-corrected chi connectivity index (χ1v) is 4.50. The van der Waals surface area contributed by atoms with E-state index < -0.39 is 5.97 Å². The number of pyridine rings is 1. The Balaban J connectivity index is 3.09. The minimum atomic E-state index is -0.448. The quantitative estimate of drug-likeness (QED) is 0.589. The third kappa shape index (κ3) is 2.07. The van der Waals surface area contributed by atoms with Gasteiger partial charge in [-0.1, -0.05) is 11.6 Å². The van der Waals surface area contributed by atoms with Crippen molar-refractivity contribution in [3.05, 3.63) is 26.5 Å². The minimum Gasteiger partial charge on any atom is -0.464 e. The molecule has 0 amide bonds. The molecule has 0 atom stereocenters. The van der Waals surface area contributed by atoms with Crippen LogP contribution in [-0.2, 0) is 4.74 Å². The van der Waals surface area contributed by atoms with Crippen molar-refractivity contribution >= 4 is 40.2 Å². The number of rotatable bonds is 1. The van der Waals surface area contributed by atoms with Gasteiger partial charge < -0.3 is 4.74 Å². The fraction of sp³-hybridized carbons (Fsp3) is 0.143. The summed E-state index contributed by atoms with van der Waals surface area (Å²) in [7, 11) is 1.31. The molecule has 0 bridgehead atoms. The van der Waals surface area contributed by atoms with Crippen LogP contribution in [0, 0.1) is 3.57 Å². The Hall–Kier alpha value is -0.360. The number of carbonyl (C=O) groups excluding carboxylic acids is 1. The molecule has 1 aromatic heterocycles. The van der Waals surface area contributed by atoms with Gasteiger partial charge in [-0.25, -0.2) is 9.78 Å². The summed E-state index contributed by atoms with van der Waals surface area (Å²) in [6, 6.07) is 1.65. The summed E-state index contributed by atoms with van der Waals surface area (Å²) in [6.45, 7) is 0. The first-order chi connectivity index (χ1) is 5.65. The van der Waals surface area contributed by atoms with E-state index in [1.54, 1.807) is 6.07 Å². The van der Waals surface area contributed by atoms with Crippen molar-refractivity contribution in [3.63, 3.8) is 0 Å². The average molecular weight is 297 g/mol. The van der Waals surface area contributed by atoms with Crippen molar-refractivity contribution in [2.75, 3.05) is 7.11 Å². The summed E-state index contributed by atoms with van der Waals surface area (Å²) in [4.78, 5) is 14.8. The zero-order valence-electron chi connectivity index (χ0n) is 6.17. The number of aromatic nitrogens is 1. The van der Waals surface area contributed by atoms with E-state index in [4.69, 9.17) is 11.6 Å². The number of methoxy groups -OCH3 is 1. The number of ether oxygens (including phenoxy) is 1. The Bertz CT molecular complexity index is 316. The monoisotopic (exact) mass is 297 g/mol. The van der Waals surface area contributed by atoms with Crippen LogP contribution in [0.15, 0.2) is 12.3 Å².